The number of hydrogen-bond acceptors (Lipinski definition) is 4. The van der Waals surface area contributed by atoms with Crippen LogP contribution in [0.25, 0.3) is 21.9 Å². The number of nitrogens with zero attached hydrogens (tertiary/aromatic N) is 1. The Bertz CT molecular complexity index is 1130. The van der Waals surface area contributed by atoms with Crippen LogP contribution in [0.2, 0.25) is 0 Å². The Balaban J connectivity index is 1.51. The van der Waals surface area contributed by atoms with Crippen molar-refractivity contribution < 1.29 is 9.21 Å². The van der Waals surface area contributed by atoms with Gasteiger partial charge in [0.1, 0.15) is 0 Å². The molecule has 0 atom stereocenters. The summed E-state index contributed by atoms with van der Waals surface area (Å²) in [6.07, 6.45) is 7.38. The average Bonchev–Trinajstić information content (AvgIpc) is 2.84. The van der Waals surface area contributed by atoms with E-state index in [4.69, 9.17) is 4.42 Å². The molecule has 2 aromatic carbocycles. The summed E-state index contributed by atoms with van der Waals surface area (Å²) >= 11 is 0. The van der Waals surface area contributed by atoms with Crippen LogP contribution in [0, 0.1) is 0 Å². The van der Waals surface area contributed by atoms with Gasteiger partial charge in [0.15, 0.2) is 0 Å². The van der Waals surface area contributed by atoms with E-state index >= 15 is 0 Å². The Labute approximate surface area is 195 Å². The van der Waals surface area contributed by atoms with Crippen LogP contribution in [0.1, 0.15) is 62.9 Å². The molecular weight excluding hydrogens is 412 g/mol. The predicted molar refractivity (Wildman–Crippen MR) is 134 cm³/mol. The van der Waals surface area contributed by atoms with Crippen LogP contribution in [0.5, 0.6) is 0 Å². The average molecular weight is 447 g/mol. The Morgan fingerprint density at radius 3 is 2.36 bits per heavy atom. The SMILES string of the molecule is CC(C)N(CCCNC(=O)c1oc(=O)c2ccccc2c1-c1ccccc1)C1CCCCC1. The monoisotopic (exact) mass is 446 g/mol. The van der Waals surface area contributed by atoms with Crippen LogP contribution in [0.3, 0.4) is 0 Å². The predicted octanol–water partition coefficient (Wildman–Crippen LogP) is 5.62. The highest BCUT2D eigenvalue weighted by atomic mass is 16.4. The van der Waals surface area contributed by atoms with Gasteiger partial charge in [0.05, 0.1) is 5.39 Å². The van der Waals surface area contributed by atoms with Crippen molar-refractivity contribution in [3.8, 4) is 11.1 Å². The standard InChI is InChI=1S/C28H34N2O3/c1-20(2)30(22-14-7-4-8-15-22)19-11-18-29-27(31)26-25(21-12-5-3-6-13-21)23-16-9-10-17-24(23)28(32)33-26/h3,5-6,9-10,12-13,16-17,20,22H,4,7-8,11,14-15,18-19H2,1-2H3,(H,29,31). The summed E-state index contributed by atoms with van der Waals surface area (Å²) in [5.41, 5.74) is 1.03. The highest BCUT2D eigenvalue weighted by molar-refractivity contribution is 6.07. The lowest BCUT2D eigenvalue weighted by Crippen LogP contribution is -2.43. The molecule has 1 aromatic heterocycles. The van der Waals surface area contributed by atoms with E-state index in [1.807, 2.05) is 42.5 Å². The quantitative estimate of drug-likeness (QED) is 0.456. The molecule has 1 fully saturated rings. The molecule has 0 bridgehead atoms. The van der Waals surface area contributed by atoms with Gasteiger partial charge in [0, 0.05) is 36.1 Å². The first kappa shape index (κ1) is 23.2. The third kappa shape index (κ3) is 5.36. The number of nitrogens with one attached hydrogen (secondary N) is 1. The topological polar surface area (TPSA) is 62.6 Å². The Morgan fingerprint density at radius 1 is 1.00 bits per heavy atom. The fraction of sp³-hybridized carbons (Fsp3) is 0.429. The van der Waals surface area contributed by atoms with Crippen molar-refractivity contribution in [1.82, 2.24) is 10.2 Å². The summed E-state index contributed by atoms with van der Waals surface area (Å²) in [7, 11) is 0. The van der Waals surface area contributed by atoms with Crippen molar-refractivity contribution >= 4 is 16.7 Å². The lowest BCUT2D eigenvalue weighted by atomic mass is 9.93. The molecule has 4 rings (SSSR count). The van der Waals surface area contributed by atoms with Gasteiger partial charge in [0.2, 0.25) is 5.76 Å². The van der Waals surface area contributed by atoms with Crippen LogP contribution >= 0.6 is 0 Å². The van der Waals surface area contributed by atoms with Gasteiger partial charge < -0.3 is 9.73 Å². The largest absolute Gasteiger partial charge is 0.416 e. The van der Waals surface area contributed by atoms with Gasteiger partial charge in [-0.2, -0.15) is 0 Å². The minimum Gasteiger partial charge on any atom is -0.416 e. The molecule has 0 saturated heterocycles. The maximum absolute atomic E-state index is 13.2. The third-order valence-corrected chi connectivity index (χ3v) is 6.69. The molecule has 174 valence electrons. The summed E-state index contributed by atoms with van der Waals surface area (Å²) in [5.74, 6) is -0.261. The highest BCUT2D eigenvalue weighted by Gasteiger charge is 2.24. The number of fused-ring (bicyclic) bond motifs is 1. The zero-order chi connectivity index (χ0) is 23.2. The number of benzene rings is 2. The van der Waals surface area contributed by atoms with Gasteiger partial charge in [-0.3, -0.25) is 9.69 Å². The molecule has 0 aliphatic heterocycles. The van der Waals surface area contributed by atoms with E-state index in [1.54, 1.807) is 12.1 Å². The fourth-order valence-electron chi connectivity index (χ4n) is 5.07. The molecule has 1 aliphatic rings. The van der Waals surface area contributed by atoms with Gasteiger partial charge in [-0.1, -0.05) is 67.8 Å². The van der Waals surface area contributed by atoms with Crippen molar-refractivity contribution in [1.29, 1.82) is 0 Å². The molecule has 1 amide bonds. The molecule has 1 saturated carbocycles. The maximum Gasteiger partial charge on any atom is 0.344 e. The minimum absolute atomic E-state index is 0.0814. The van der Waals surface area contributed by atoms with Gasteiger partial charge in [-0.15, -0.1) is 0 Å². The summed E-state index contributed by atoms with van der Waals surface area (Å²) < 4.78 is 5.57. The Morgan fingerprint density at radius 2 is 1.67 bits per heavy atom. The molecule has 0 radical (unpaired) electrons. The van der Waals surface area contributed by atoms with Crippen molar-refractivity contribution in [2.24, 2.45) is 0 Å². The lowest BCUT2D eigenvalue weighted by Gasteiger charge is -2.37. The zero-order valence-corrected chi connectivity index (χ0v) is 19.7. The van der Waals surface area contributed by atoms with E-state index in [1.165, 1.54) is 32.1 Å². The van der Waals surface area contributed by atoms with Crippen molar-refractivity contribution in [3.63, 3.8) is 0 Å². The molecular formula is C28H34N2O3. The summed E-state index contributed by atoms with van der Waals surface area (Å²) in [6.45, 7) is 6.00. The molecule has 0 spiro atoms. The first-order chi connectivity index (χ1) is 16.1. The van der Waals surface area contributed by atoms with E-state index in [2.05, 4.69) is 24.1 Å². The van der Waals surface area contributed by atoms with E-state index in [-0.39, 0.29) is 11.7 Å². The Kier molecular flexibility index (Phi) is 7.61. The number of carbonyl (C=O) groups is 1. The summed E-state index contributed by atoms with van der Waals surface area (Å²) in [6, 6.07) is 18.1. The summed E-state index contributed by atoms with van der Waals surface area (Å²) in [4.78, 5) is 28.3. The van der Waals surface area contributed by atoms with Crippen LogP contribution in [-0.4, -0.2) is 36.0 Å². The van der Waals surface area contributed by atoms with E-state index in [0.29, 0.717) is 29.6 Å². The Hall–Kier alpha value is -2.92. The van der Waals surface area contributed by atoms with Gasteiger partial charge >= 0.3 is 5.63 Å². The molecule has 5 heteroatoms. The van der Waals surface area contributed by atoms with E-state index in [0.717, 1.165) is 23.9 Å². The molecule has 1 aliphatic carbocycles. The number of rotatable bonds is 8. The second kappa shape index (κ2) is 10.8. The van der Waals surface area contributed by atoms with Crippen molar-refractivity contribution in [2.45, 2.75) is 64.5 Å². The minimum atomic E-state index is -0.487. The molecule has 1 heterocycles. The molecule has 3 aromatic rings. The number of carbonyl (C=O) groups excluding carboxylic acids is 1. The van der Waals surface area contributed by atoms with Crippen LogP contribution in [-0.2, 0) is 0 Å². The first-order valence-corrected chi connectivity index (χ1v) is 12.2. The number of amides is 1. The van der Waals surface area contributed by atoms with Gasteiger partial charge in [-0.25, -0.2) is 4.79 Å². The lowest BCUT2D eigenvalue weighted by molar-refractivity contribution is 0.0912. The normalized spacial score (nSPS) is 14.8. The van der Waals surface area contributed by atoms with Gasteiger partial charge in [0.25, 0.3) is 5.91 Å². The summed E-state index contributed by atoms with van der Waals surface area (Å²) in [5, 5.41) is 4.21. The van der Waals surface area contributed by atoms with Crippen LogP contribution in [0.15, 0.2) is 63.8 Å². The first-order valence-electron chi connectivity index (χ1n) is 12.2. The highest BCUT2D eigenvalue weighted by Crippen LogP contribution is 2.30. The van der Waals surface area contributed by atoms with Crippen LogP contribution < -0.4 is 10.9 Å². The van der Waals surface area contributed by atoms with Crippen LogP contribution in [0.4, 0.5) is 0 Å². The fourth-order valence-corrected chi connectivity index (χ4v) is 5.07. The second-order valence-corrected chi connectivity index (χ2v) is 9.24. The zero-order valence-electron chi connectivity index (χ0n) is 19.7. The third-order valence-electron chi connectivity index (χ3n) is 6.69. The maximum atomic E-state index is 13.2. The van der Waals surface area contributed by atoms with Crippen molar-refractivity contribution in [2.75, 3.05) is 13.1 Å². The second-order valence-electron chi connectivity index (χ2n) is 9.24. The molecule has 33 heavy (non-hydrogen) atoms. The van der Waals surface area contributed by atoms with Crippen molar-refractivity contribution in [3.05, 3.63) is 70.8 Å². The number of hydrogen-bond donors (Lipinski definition) is 1. The van der Waals surface area contributed by atoms with E-state index < -0.39 is 5.63 Å². The molecule has 0 unspecified atom stereocenters. The molecule has 1 N–H and O–H groups in total. The van der Waals surface area contributed by atoms with E-state index in [9.17, 15) is 9.59 Å². The molecule has 5 nitrogen and oxygen atoms in total. The smallest absolute Gasteiger partial charge is 0.344 e. The van der Waals surface area contributed by atoms with Gasteiger partial charge in [-0.05, 0) is 44.7 Å².